The average molecular weight is 199 g/mol. The molecule has 14 heavy (non-hydrogen) atoms. The monoisotopic (exact) mass is 199 g/mol. The predicted molar refractivity (Wildman–Crippen MR) is 51.8 cm³/mol. The largest absolute Gasteiger partial charge is 0.383 e. The van der Waals surface area contributed by atoms with E-state index in [0.29, 0.717) is 19.2 Å². The van der Waals surface area contributed by atoms with Gasteiger partial charge in [0.05, 0.1) is 19.2 Å². The number of hydrogen-bond donors (Lipinski definition) is 1. The van der Waals surface area contributed by atoms with Crippen molar-refractivity contribution in [3.05, 3.63) is 5.82 Å². The van der Waals surface area contributed by atoms with E-state index >= 15 is 0 Å². The van der Waals surface area contributed by atoms with Crippen molar-refractivity contribution >= 4 is 0 Å². The van der Waals surface area contributed by atoms with Crippen LogP contribution in [0.3, 0.4) is 0 Å². The van der Waals surface area contributed by atoms with Crippen LogP contribution in [0.1, 0.15) is 25.7 Å². The first kappa shape index (κ1) is 11.1. The summed E-state index contributed by atoms with van der Waals surface area (Å²) in [5.74, 6) is 0.858. The van der Waals surface area contributed by atoms with E-state index in [1.54, 1.807) is 11.8 Å². The Labute approximate surface area is 83.6 Å². The van der Waals surface area contributed by atoms with E-state index < -0.39 is 0 Å². The maximum absolute atomic E-state index is 4.92. The zero-order valence-corrected chi connectivity index (χ0v) is 8.90. The van der Waals surface area contributed by atoms with Crippen LogP contribution in [-0.4, -0.2) is 40.5 Å². The first-order valence-electron chi connectivity index (χ1n) is 4.72. The van der Waals surface area contributed by atoms with Crippen molar-refractivity contribution in [2.45, 2.75) is 26.4 Å². The topological polar surface area (TPSA) is 64.9 Å². The molecule has 0 atom stereocenters. The lowest BCUT2D eigenvalue weighted by molar-refractivity contribution is 0.198. The second-order valence-corrected chi connectivity index (χ2v) is 3.30. The molecule has 6 heteroatoms. The van der Waals surface area contributed by atoms with Crippen LogP contribution in [0.25, 0.3) is 0 Å². The number of aromatic nitrogens is 4. The van der Waals surface area contributed by atoms with Gasteiger partial charge in [0.25, 0.3) is 0 Å². The summed E-state index contributed by atoms with van der Waals surface area (Å²) >= 11 is 0. The third kappa shape index (κ3) is 3.04. The standard InChI is InChI=1S/C8H17N5O/c1-7(2)13-8(10-11-12-13)6-9-4-5-14-3/h7,9H,4-6H2,1-3H3. The molecule has 1 aromatic heterocycles. The highest BCUT2D eigenvalue weighted by atomic mass is 16.5. The maximum Gasteiger partial charge on any atom is 0.165 e. The Morgan fingerprint density at radius 2 is 2.29 bits per heavy atom. The van der Waals surface area contributed by atoms with Crippen molar-refractivity contribution in [1.82, 2.24) is 25.5 Å². The van der Waals surface area contributed by atoms with Crippen molar-refractivity contribution in [3.63, 3.8) is 0 Å². The lowest BCUT2D eigenvalue weighted by atomic mass is 10.4. The Bertz CT molecular complexity index is 260. The van der Waals surface area contributed by atoms with Crippen molar-refractivity contribution in [1.29, 1.82) is 0 Å². The first-order chi connectivity index (χ1) is 6.75. The van der Waals surface area contributed by atoms with Gasteiger partial charge < -0.3 is 10.1 Å². The summed E-state index contributed by atoms with van der Waals surface area (Å²) in [6, 6.07) is 0.296. The average Bonchev–Trinajstić information content (AvgIpc) is 2.60. The van der Waals surface area contributed by atoms with E-state index in [1.165, 1.54) is 0 Å². The third-order valence-electron chi connectivity index (χ3n) is 1.82. The SMILES string of the molecule is COCCNCc1nnnn1C(C)C. The molecule has 0 aromatic carbocycles. The van der Waals surface area contributed by atoms with E-state index in [9.17, 15) is 0 Å². The lowest BCUT2D eigenvalue weighted by Crippen LogP contribution is -2.22. The molecule has 80 valence electrons. The highest BCUT2D eigenvalue weighted by molar-refractivity contribution is 4.81. The number of tetrazole rings is 1. The molecule has 6 nitrogen and oxygen atoms in total. The van der Waals surface area contributed by atoms with Gasteiger partial charge in [-0.1, -0.05) is 0 Å². The minimum atomic E-state index is 0.296. The zero-order valence-electron chi connectivity index (χ0n) is 8.90. The quantitative estimate of drug-likeness (QED) is 0.653. The minimum absolute atomic E-state index is 0.296. The van der Waals surface area contributed by atoms with Gasteiger partial charge in [-0.05, 0) is 24.3 Å². The lowest BCUT2D eigenvalue weighted by Gasteiger charge is -2.08. The molecule has 0 radical (unpaired) electrons. The second-order valence-electron chi connectivity index (χ2n) is 3.30. The molecule has 0 saturated heterocycles. The summed E-state index contributed by atoms with van der Waals surface area (Å²) in [6.45, 7) is 6.28. The van der Waals surface area contributed by atoms with Crippen LogP contribution >= 0.6 is 0 Å². The molecule has 1 N–H and O–H groups in total. The van der Waals surface area contributed by atoms with Gasteiger partial charge in [0.1, 0.15) is 0 Å². The Kier molecular flexibility index (Phi) is 4.48. The fourth-order valence-electron chi connectivity index (χ4n) is 1.10. The van der Waals surface area contributed by atoms with Gasteiger partial charge in [0, 0.05) is 13.7 Å². The molecule has 0 fully saturated rings. The molecular weight excluding hydrogens is 182 g/mol. The number of nitrogens with one attached hydrogen (secondary N) is 1. The van der Waals surface area contributed by atoms with Crippen molar-refractivity contribution in [2.75, 3.05) is 20.3 Å². The van der Waals surface area contributed by atoms with Crippen molar-refractivity contribution < 1.29 is 4.74 Å². The Hall–Kier alpha value is -1.01. The van der Waals surface area contributed by atoms with E-state index in [4.69, 9.17) is 4.74 Å². The summed E-state index contributed by atoms with van der Waals surface area (Å²) in [5.41, 5.74) is 0. The maximum atomic E-state index is 4.92. The molecule has 1 aromatic rings. The van der Waals surface area contributed by atoms with Gasteiger partial charge in [-0.25, -0.2) is 4.68 Å². The third-order valence-corrected chi connectivity index (χ3v) is 1.82. The normalized spacial score (nSPS) is 11.1. The summed E-state index contributed by atoms with van der Waals surface area (Å²) in [4.78, 5) is 0. The van der Waals surface area contributed by atoms with Gasteiger partial charge in [0.15, 0.2) is 5.82 Å². The van der Waals surface area contributed by atoms with Gasteiger partial charge in [0.2, 0.25) is 0 Å². The molecule has 1 heterocycles. The van der Waals surface area contributed by atoms with Crippen LogP contribution in [0.5, 0.6) is 0 Å². The van der Waals surface area contributed by atoms with Crippen LogP contribution in [-0.2, 0) is 11.3 Å². The fraction of sp³-hybridized carbons (Fsp3) is 0.875. The number of methoxy groups -OCH3 is 1. The molecule has 0 bridgehead atoms. The summed E-state index contributed by atoms with van der Waals surface area (Å²) in [5, 5.41) is 14.7. The molecule has 0 spiro atoms. The molecule has 0 aliphatic rings. The molecule has 0 saturated carbocycles. The van der Waals surface area contributed by atoms with Crippen LogP contribution in [0, 0.1) is 0 Å². The van der Waals surface area contributed by atoms with E-state index in [-0.39, 0.29) is 0 Å². The van der Waals surface area contributed by atoms with E-state index in [1.807, 2.05) is 0 Å². The Balaban J connectivity index is 2.38. The zero-order chi connectivity index (χ0) is 10.4. The number of ether oxygens (including phenoxy) is 1. The highest BCUT2D eigenvalue weighted by Gasteiger charge is 2.07. The van der Waals surface area contributed by atoms with Crippen LogP contribution in [0.15, 0.2) is 0 Å². The molecule has 0 aliphatic carbocycles. The first-order valence-corrected chi connectivity index (χ1v) is 4.72. The summed E-state index contributed by atoms with van der Waals surface area (Å²) < 4.78 is 6.72. The van der Waals surface area contributed by atoms with Gasteiger partial charge in [-0.3, -0.25) is 0 Å². The summed E-state index contributed by atoms with van der Waals surface area (Å²) in [6.07, 6.45) is 0. The van der Waals surface area contributed by atoms with Crippen LogP contribution < -0.4 is 5.32 Å². The van der Waals surface area contributed by atoms with Gasteiger partial charge in [-0.15, -0.1) is 5.10 Å². The highest BCUT2D eigenvalue weighted by Crippen LogP contribution is 2.02. The minimum Gasteiger partial charge on any atom is -0.383 e. The Morgan fingerprint density at radius 1 is 1.50 bits per heavy atom. The van der Waals surface area contributed by atoms with Crippen LogP contribution in [0.4, 0.5) is 0 Å². The number of hydrogen-bond acceptors (Lipinski definition) is 5. The predicted octanol–water partition coefficient (Wildman–Crippen LogP) is -0.0100. The molecule has 1 rings (SSSR count). The molecule has 0 amide bonds. The number of nitrogens with zero attached hydrogens (tertiary/aromatic N) is 4. The second kappa shape index (κ2) is 5.66. The molecular formula is C8H17N5O. The van der Waals surface area contributed by atoms with E-state index in [0.717, 1.165) is 12.4 Å². The Morgan fingerprint density at radius 3 is 2.93 bits per heavy atom. The van der Waals surface area contributed by atoms with Crippen LogP contribution in [0.2, 0.25) is 0 Å². The van der Waals surface area contributed by atoms with Crippen molar-refractivity contribution in [3.8, 4) is 0 Å². The van der Waals surface area contributed by atoms with Crippen molar-refractivity contribution in [2.24, 2.45) is 0 Å². The van der Waals surface area contributed by atoms with E-state index in [2.05, 4.69) is 34.7 Å². The number of rotatable bonds is 6. The molecule has 0 unspecified atom stereocenters. The summed E-state index contributed by atoms with van der Waals surface area (Å²) in [7, 11) is 1.68. The van der Waals surface area contributed by atoms with Gasteiger partial charge in [-0.2, -0.15) is 0 Å². The molecule has 0 aliphatic heterocycles. The van der Waals surface area contributed by atoms with Gasteiger partial charge >= 0.3 is 0 Å². The smallest absolute Gasteiger partial charge is 0.165 e. The fourth-order valence-corrected chi connectivity index (χ4v) is 1.10.